The van der Waals surface area contributed by atoms with Crippen LogP contribution in [0.1, 0.15) is 16.2 Å². The molecule has 4 heterocycles. The molecule has 0 bridgehead atoms. The van der Waals surface area contributed by atoms with Crippen LogP contribution in [0.4, 0.5) is 5.95 Å². The number of morpholine rings is 1. The van der Waals surface area contributed by atoms with Gasteiger partial charge < -0.3 is 19.5 Å². The number of carbonyl (C=O) groups is 1. The number of hydrogen-bond donors (Lipinski definition) is 1. The third-order valence-corrected chi connectivity index (χ3v) is 4.66. The molecule has 3 aromatic rings. The highest BCUT2D eigenvalue weighted by atomic mass is 16.5. The number of amides is 1. The third kappa shape index (κ3) is 4.01. The number of pyridine rings is 1. The van der Waals surface area contributed by atoms with Crippen LogP contribution < -0.4 is 10.2 Å². The Labute approximate surface area is 163 Å². The minimum absolute atomic E-state index is 0.148. The normalized spacial score (nSPS) is 14.1. The minimum Gasteiger partial charge on any atom is -0.378 e. The lowest BCUT2D eigenvalue weighted by Gasteiger charge is -2.26. The lowest BCUT2D eigenvalue weighted by atomic mass is 10.2. The van der Waals surface area contributed by atoms with Crippen LogP contribution in [0.25, 0.3) is 11.1 Å². The van der Waals surface area contributed by atoms with Crippen molar-refractivity contribution in [1.82, 2.24) is 24.8 Å². The maximum Gasteiger partial charge on any atom is 0.268 e. The quantitative estimate of drug-likeness (QED) is 0.727. The molecular formula is C20H22N6O2. The largest absolute Gasteiger partial charge is 0.378 e. The maximum atomic E-state index is 12.5. The number of nitrogens with zero attached hydrogens (tertiary/aromatic N) is 5. The number of aromatic nitrogens is 4. The van der Waals surface area contributed by atoms with Gasteiger partial charge in [0.2, 0.25) is 5.95 Å². The molecule has 0 aromatic carbocycles. The molecule has 0 radical (unpaired) electrons. The Morgan fingerprint density at radius 1 is 1.14 bits per heavy atom. The van der Waals surface area contributed by atoms with Crippen molar-refractivity contribution >= 4 is 11.9 Å². The Bertz CT molecular complexity index is 933. The Morgan fingerprint density at radius 3 is 2.64 bits per heavy atom. The number of rotatable bonds is 5. The molecule has 4 rings (SSSR count). The first-order valence-corrected chi connectivity index (χ1v) is 9.20. The van der Waals surface area contributed by atoms with Gasteiger partial charge in [-0.15, -0.1) is 0 Å². The molecule has 144 valence electrons. The van der Waals surface area contributed by atoms with E-state index in [4.69, 9.17) is 4.74 Å². The van der Waals surface area contributed by atoms with E-state index in [1.54, 1.807) is 23.2 Å². The Morgan fingerprint density at radius 2 is 1.93 bits per heavy atom. The number of anilines is 1. The summed E-state index contributed by atoms with van der Waals surface area (Å²) in [5.74, 6) is 0.557. The molecule has 8 nitrogen and oxygen atoms in total. The van der Waals surface area contributed by atoms with E-state index in [9.17, 15) is 4.79 Å². The second kappa shape index (κ2) is 8.18. The van der Waals surface area contributed by atoms with Gasteiger partial charge in [0.15, 0.2) is 0 Å². The van der Waals surface area contributed by atoms with Gasteiger partial charge in [0.05, 0.1) is 25.5 Å². The van der Waals surface area contributed by atoms with Crippen molar-refractivity contribution in [1.29, 1.82) is 0 Å². The minimum atomic E-state index is -0.148. The molecule has 8 heteroatoms. The molecule has 1 amide bonds. The zero-order chi connectivity index (χ0) is 19.3. The molecule has 0 spiro atoms. The molecule has 1 N–H and O–H groups in total. The van der Waals surface area contributed by atoms with Gasteiger partial charge in [-0.1, -0.05) is 6.07 Å². The molecule has 1 fully saturated rings. The van der Waals surface area contributed by atoms with Crippen LogP contribution in [-0.4, -0.2) is 51.7 Å². The van der Waals surface area contributed by atoms with Crippen molar-refractivity contribution in [3.8, 4) is 11.1 Å². The van der Waals surface area contributed by atoms with Gasteiger partial charge in [0, 0.05) is 56.1 Å². The van der Waals surface area contributed by atoms with Gasteiger partial charge in [0.1, 0.15) is 5.69 Å². The smallest absolute Gasteiger partial charge is 0.268 e. The summed E-state index contributed by atoms with van der Waals surface area (Å²) in [6.45, 7) is 3.37. The standard InChI is InChI=1S/C20H22N6O2/c1-25-14-15(10-18(25)19(27)22-13-17-4-2-3-5-21-17)16-11-23-20(24-12-16)26-6-8-28-9-7-26/h2-5,10-12,14H,6-9,13H2,1H3,(H,22,27). The molecule has 0 atom stereocenters. The van der Waals surface area contributed by atoms with Crippen LogP contribution in [0.2, 0.25) is 0 Å². The predicted molar refractivity (Wildman–Crippen MR) is 105 cm³/mol. The first kappa shape index (κ1) is 18.1. The summed E-state index contributed by atoms with van der Waals surface area (Å²) < 4.78 is 7.16. The van der Waals surface area contributed by atoms with Crippen molar-refractivity contribution in [3.05, 3.63) is 60.4 Å². The molecule has 1 saturated heterocycles. The summed E-state index contributed by atoms with van der Waals surface area (Å²) in [5, 5.41) is 2.90. The van der Waals surface area contributed by atoms with Crippen LogP contribution in [-0.2, 0) is 18.3 Å². The fourth-order valence-corrected chi connectivity index (χ4v) is 3.11. The van der Waals surface area contributed by atoms with Crippen LogP contribution in [0, 0.1) is 0 Å². The SMILES string of the molecule is Cn1cc(-c2cnc(N3CCOCC3)nc2)cc1C(=O)NCc1ccccn1. The first-order chi connectivity index (χ1) is 13.7. The highest BCUT2D eigenvalue weighted by Crippen LogP contribution is 2.22. The summed E-state index contributed by atoms with van der Waals surface area (Å²) in [6.07, 6.45) is 7.21. The maximum absolute atomic E-state index is 12.5. The van der Waals surface area contributed by atoms with Gasteiger partial charge in [-0.3, -0.25) is 9.78 Å². The van der Waals surface area contributed by atoms with E-state index in [-0.39, 0.29) is 5.91 Å². The predicted octanol–water partition coefficient (Wildman–Crippen LogP) is 1.64. The average Bonchev–Trinajstić information content (AvgIpc) is 3.15. The highest BCUT2D eigenvalue weighted by Gasteiger charge is 2.16. The second-order valence-electron chi connectivity index (χ2n) is 6.60. The molecule has 1 aliphatic rings. The third-order valence-electron chi connectivity index (χ3n) is 4.66. The van der Waals surface area contributed by atoms with E-state index in [0.29, 0.717) is 31.4 Å². The molecule has 3 aromatic heterocycles. The average molecular weight is 378 g/mol. The Kier molecular flexibility index (Phi) is 5.29. The number of nitrogens with one attached hydrogen (secondary N) is 1. The topological polar surface area (TPSA) is 85.2 Å². The van der Waals surface area contributed by atoms with E-state index in [1.807, 2.05) is 37.5 Å². The van der Waals surface area contributed by atoms with Crippen LogP contribution in [0.3, 0.4) is 0 Å². The lowest BCUT2D eigenvalue weighted by molar-refractivity contribution is 0.0942. The van der Waals surface area contributed by atoms with Crippen LogP contribution >= 0.6 is 0 Å². The molecule has 1 aliphatic heterocycles. The van der Waals surface area contributed by atoms with E-state index >= 15 is 0 Å². The Balaban J connectivity index is 1.45. The summed E-state index contributed by atoms with van der Waals surface area (Å²) in [4.78, 5) is 27.8. The van der Waals surface area contributed by atoms with Gasteiger partial charge in [-0.25, -0.2) is 9.97 Å². The zero-order valence-electron chi connectivity index (χ0n) is 15.7. The number of aryl methyl sites for hydroxylation is 1. The van der Waals surface area contributed by atoms with Gasteiger partial charge in [0.25, 0.3) is 5.91 Å². The van der Waals surface area contributed by atoms with Crippen LogP contribution in [0.5, 0.6) is 0 Å². The molecule has 0 unspecified atom stereocenters. The fraction of sp³-hybridized carbons (Fsp3) is 0.300. The Hall–Kier alpha value is -3.26. The zero-order valence-corrected chi connectivity index (χ0v) is 15.7. The van der Waals surface area contributed by atoms with Gasteiger partial charge in [-0.05, 0) is 18.2 Å². The lowest BCUT2D eigenvalue weighted by Crippen LogP contribution is -2.37. The molecule has 0 aliphatic carbocycles. The van der Waals surface area contributed by atoms with E-state index in [0.717, 1.165) is 29.9 Å². The van der Waals surface area contributed by atoms with Gasteiger partial charge >= 0.3 is 0 Å². The van der Waals surface area contributed by atoms with Crippen molar-refractivity contribution < 1.29 is 9.53 Å². The number of ether oxygens (including phenoxy) is 1. The van der Waals surface area contributed by atoms with Crippen molar-refractivity contribution in [2.24, 2.45) is 7.05 Å². The van der Waals surface area contributed by atoms with Gasteiger partial charge in [-0.2, -0.15) is 0 Å². The van der Waals surface area contributed by atoms with E-state index < -0.39 is 0 Å². The summed E-state index contributed by atoms with van der Waals surface area (Å²) in [7, 11) is 1.85. The van der Waals surface area contributed by atoms with Crippen LogP contribution in [0.15, 0.2) is 49.1 Å². The fourth-order valence-electron chi connectivity index (χ4n) is 3.11. The van der Waals surface area contributed by atoms with E-state index in [1.165, 1.54) is 0 Å². The molecule has 0 saturated carbocycles. The van der Waals surface area contributed by atoms with Crippen molar-refractivity contribution in [3.63, 3.8) is 0 Å². The van der Waals surface area contributed by atoms with Crippen molar-refractivity contribution in [2.75, 3.05) is 31.2 Å². The molecule has 28 heavy (non-hydrogen) atoms. The second-order valence-corrected chi connectivity index (χ2v) is 6.60. The summed E-state index contributed by atoms with van der Waals surface area (Å²) in [6, 6.07) is 7.47. The number of carbonyl (C=O) groups excluding carboxylic acids is 1. The highest BCUT2D eigenvalue weighted by molar-refractivity contribution is 5.94. The monoisotopic (exact) mass is 378 g/mol. The molecular weight excluding hydrogens is 356 g/mol. The van der Waals surface area contributed by atoms with Crippen molar-refractivity contribution in [2.45, 2.75) is 6.54 Å². The van der Waals surface area contributed by atoms with E-state index in [2.05, 4.69) is 25.2 Å². The number of hydrogen-bond acceptors (Lipinski definition) is 6. The summed E-state index contributed by atoms with van der Waals surface area (Å²) in [5.41, 5.74) is 3.16. The first-order valence-electron chi connectivity index (χ1n) is 9.20. The summed E-state index contributed by atoms with van der Waals surface area (Å²) >= 11 is 0.